The van der Waals surface area contributed by atoms with Crippen molar-refractivity contribution in [1.29, 1.82) is 0 Å². The molecule has 17 heavy (non-hydrogen) atoms. The fourth-order valence-corrected chi connectivity index (χ4v) is 3.36. The SMILES string of the molecule is CCC(CBr)(CBr)NC(=O)c1ccccc1O. The first-order valence-electron chi connectivity index (χ1n) is 5.31. The highest BCUT2D eigenvalue weighted by atomic mass is 79.9. The molecule has 0 atom stereocenters. The molecule has 1 amide bonds. The Morgan fingerprint density at radius 1 is 1.35 bits per heavy atom. The number of hydrogen-bond donors (Lipinski definition) is 2. The van der Waals surface area contributed by atoms with Crippen LogP contribution in [0.3, 0.4) is 0 Å². The number of hydrogen-bond acceptors (Lipinski definition) is 2. The molecular formula is C12H15Br2NO2. The zero-order valence-electron chi connectivity index (χ0n) is 9.54. The van der Waals surface area contributed by atoms with E-state index < -0.39 is 0 Å². The number of halogens is 2. The highest BCUT2D eigenvalue weighted by Crippen LogP contribution is 2.20. The number of amides is 1. The second-order valence-electron chi connectivity index (χ2n) is 3.87. The molecule has 0 bridgehead atoms. The van der Waals surface area contributed by atoms with Crippen LogP contribution >= 0.6 is 31.9 Å². The first kappa shape index (κ1) is 14.5. The molecule has 5 heteroatoms. The van der Waals surface area contributed by atoms with Gasteiger partial charge in [-0.15, -0.1) is 0 Å². The molecule has 1 aromatic rings. The van der Waals surface area contributed by atoms with E-state index in [0.29, 0.717) is 16.2 Å². The summed E-state index contributed by atoms with van der Waals surface area (Å²) in [7, 11) is 0. The number of rotatable bonds is 5. The maximum Gasteiger partial charge on any atom is 0.255 e. The van der Waals surface area contributed by atoms with Crippen LogP contribution in [-0.2, 0) is 0 Å². The number of carbonyl (C=O) groups is 1. The van der Waals surface area contributed by atoms with E-state index in [2.05, 4.69) is 37.2 Å². The van der Waals surface area contributed by atoms with Crippen molar-refractivity contribution in [3.05, 3.63) is 29.8 Å². The van der Waals surface area contributed by atoms with Gasteiger partial charge in [0.05, 0.1) is 11.1 Å². The summed E-state index contributed by atoms with van der Waals surface area (Å²) in [6.07, 6.45) is 0.794. The molecule has 1 rings (SSSR count). The first-order valence-corrected chi connectivity index (χ1v) is 7.55. The topological polar surface area (TPSA) is 49.3 Å². The molecule has 3 nitrogen and oxygen atoms in total. The Morgan fingerprint density at radius 3 is 2.41 bits per heavy atom. The molecule has 0 aliphatic heterocycles. The third-order valence-corrected chi connectivity index (χ3v) is 4.86. The number of nitrogens with one attached hydrogen (secondary N) is 1. The van der Waals surface area contributed by atoms with Crippen molar-refractivity contribution in [3.63, 3.8) is 0 Å². The van der Waals surface area contributed by atoms with Crippen molar-refractivity contribution in [2.24, 2.45) is 0 Å². The summed E-state index contributed by atoms with van der Waals surface area (Å²) >= 11 is 6.81. The minimum Gasteiger partial charge on any atom is -0.507 e. The molecule has 0 heterocycles. The summed E-state index contributed by atoms with van der Waals surface area (Å²) in [6.45, 7) is 2.01. The molecule has 0 saturated carbocycles. The van der Waals surface area contributed by atoms with Gasteiger partial charge in [0, 0.05) is 10.7 Å². The average Bonchev–Trinajstić information content (AvgIpc) is 2.36. The van der Waals surface area contributed by atoms with E-state index in [4.69, 9.17) is 0 Å². The van der Waals surface area contributed by atoms with E-state index in [9.17, 15) is 9.90 Å². The Balaban J connectivity index is 2.89. The van der Waals surface area contributed by atoms with Gasteiger partial charge >= 0.3 is 0 Å². The van der Waals surface area contributed by atoms with Gasteiger partial charge in [0.15, 0.2) is 0 Å². The number of para-hydroxylation sites is 1. The van der Waals surface area contributed by atoms with Crippen molar-refractivity contribution < 1.29 is 9.90 Å². The largest absolute Gasteiger partial charge is 0.507 e. The van der Waals surface area contributed by atoms with Gasteiger partial charge in [-0.25, -0.2) is 0 Å². The lowest BCUT2D eigenvalue weighted by molar-refractivity contribution is 0.0912. The molecule has 0 unspecified atom stereocenters. The summed E-state index contributed by atoms with van der Waals surface area (Å²) in [5, 5.41) is 13.9. The smallest absolute Gasteiger partial charge is 0.255 e. The van der Waals surface area contributed by atoms with E-state index >= 15 is 0 Å². The predicted octanol–water partition coefficient (Wildman–Crippen LogP) is 3.06. The van der Waals surface area contributed by atoms with Gasteiger partial charge in [-0.3, -0.25) is 4.79 Å². The highest BCUT2D eigenvalue weighted by molar-refractivity contribution is 9.09. The molecule has 0 aliphatic rings. The van der Waals surface area contributed by atoms with Crippen molar-refractivity contribution in [2.45, 2.75) is 18.9 Å². The van der Waals surface area contributed by atoms with Crippen molar-refractivity contribution in [2.75, 3.05) is 10.7 Å². The Hall–Kier alpha value is -0.550. The van der Waals surface area contributed by atoms with E-state index in [1.807, 2.05) is 6.92 Å². The molecule has 1 aromatic carbocycles. The zero-order valence-corrected chi connectivity index (χ0v) is 12.7. The van der Waals surface area contributed by atoms with Gasteiger partial charge < -0.3 is 10.4 Å². The third-order valence-electron chi connectivity index (χ3n) is 2.72. The molecule has 0 spiro atoms. The molecule has 0 fully saturated rings. The molecule has 0 radical (unpaired) electrons. The molecule has 0 saturated heterocycles. The molecule has 2 N–H and O–H groups in total. The number of carbonyl (C=O) groups excluding carboxylic acids is 1. The Morgan fingerprint density at radius 2 is 1.94 bits per heavy atom. The van der Waals surface area contributed by atoms with Crippen LogP contribution in [0.1, 0.15) is 23.7 Å². The van der Waals surface area contributed by atoms with Gasteiger partial charge in [-0.1, -0.05) is 50.9 Å². The molecular weight excluding hydrogens is 350 g/mol. The first-order chi connectivity index (χ1) is 8.08. The van der Waals surface area contributed by atoms with Crippen LogP contribution in [-0.4, -0.2) is 27.2 Å². The standard InChI is InChI=1S/C12H15Br2NO2/c1-2-12(7-13,8-14)15-11(17)9-5-3-4-6-10(9)16/h3-6,16H,2,7-8H2,1H3,(H,15,17). The number of phenolic OH excluding ortho intramolecular Hbond substituents is 1. The van der Waals surface area contributed by atoms with Gasteiger partial charge in [0.25, 0.3) is 5.91 Å². The molecule has 94 valence electrons. The van der Waals surface area contributed by atoms with Gasteiger partial charge in [0.2, 0.25) is 0 Å². The second kappa shape index (κ2) is 6.40. The van der Waals surface area contributed by atoms with Gasteiger partial charge in [-0.2, -0.15) is 0 Å². The minimum atomic E-state index is -0.334. The zero-order chi connectivity index (χ0) is 12.9. The predicted molar refractivity (Wildman–Crippen MR) is 76.2 cm³/mol. The Kier molecular flexibility index (Phi) is 5.46. The lowest BCUT2D eigenvalue weighted by atomic mass is 10.0. The van der Waals surface area contributed by atoms with Crippen molar-refractivity contribution in [1.82, 2.24) is 5.32 Å². The number of phenols is 1. The Labute approximate surface area is 118 Å². The maximum absolute atomic E-state index is 12.0. The fraction of sp³-hybridized carbons (Fsp3) is 0.417. The summed E-state index contributed by atoms with van der Waals surface area (Å²) in [5.74, 6) is -0.261. The van der Waals surface area contributed by atoms with Gasteiger partial charge in [0.1, 0.15) is 5.75 Å². The van der Waals surface area contributed by atoms with Crippen molar-refractivity contribution >= 4 is 37.8 Å². The van der Waals surface area contributed by atoms with Gasteiger partial charge in [-0.05, 0) is 18.6 Å². The van der Waals surface area contributed by atoms with Crippen LogP contribution in [0.5, 0.6) is 5.75 Å². The van der Waals surface area contributed by atoms with Crippen LogP contribution in [0.2, 0.25) is 0 Å². The van der Waals surface area contributed by atoms with Crippen LogP contribution in [0.15, 0.2) is 24.3 Å². The normalized spacial score (nSPS) is 11.2. The summed E-state index contributed by atoms with van der Waals surface area (Å²) in [4.78, 5) is 12.0. The third kappa shape index (κ3) is 3.45. The molecule has 0 aromatic heterocycles. The van der Waals surface area contributed by atoms with E-state index in [0.717, 1.165) is 6.42 Å². The highest BCUT2D eigenvalue weighted by Gasteiger charge is 2.28. The Bertz CT molecular complexity index is 384. The van der Waals surface area contributed by atoms with Crippen LogP contribution < -0.4 is 5.32 Å². The summed E-state index contributed by atoms with van der Waals surface area (Å²) in [5.41, 5.74) is -0.0356. The number of benzene rings is 1. The quantitative estimate of drug-likeness (QED) is 0.789. The lowest BCUT2D eigenvalue weighted by Gasteiger charge is -2.30. The van der Waals surface area contributed by atoms with E-state index in [1.54, 1.807) is 18.2 Å². The molecule has 0 aliphatic carbocycles. The van der Waals surface area contributed by atoms with Crippen molar-refractivity contribution in [3.8, 4) is 5.75 Å². The van der Waals surface area contributed by atoms with E-state index in [1.165, 1.54) is 6.07 Å². The van der Waals surface area contributed by atoms with Crippen LogP contribution in [0.4, 0.5) is 0 Å². The summed E-state index contributed by atoms with van der Waals surface area (Å²) in [6, 6.07) is 6.52. The number of aromatic hydroxyl groups is 1. The number of alkyl halides is 2. The second-order valence-corrected chi connectivity index (χ2v) is 4.99. The monoisotopic (exact) mass is 363 g/mol. The average molecular weight is 365 g/mol. The van der Waals surface area contributed by atoms with E-state index in [-0.39, 0.29) is 17.2 Å². The van der Waals surface area contributed by atoms with Crippen LogP contribution in [0.25, 0.3) is 0 Å². The summed E-state index contributed by atoms with van der Waals surface area (Å²) < 4.78 is 0. The lowest BCUT2D eigenvalue weighted by Crippen LogP contribution is -2.51. The minimum absolute atomic E-state index is 0.000789. The maximum atomic E-state index is 12.0. The van der Waals surface area contributed by atoms with Crippen LogP contribution in [0, 0.1) is 0 Å². The fourth-order valence-electron chi connectivity index (χ4n) is 1.35.